The molecule has 0 fully saturated rings. The Morgan fingerprint density at radius 1 is 1.17 bits per heavy atom. The molecule has 0 aliphatic rings. The van der Waals surface area contributed by atoms with Crippen molar-refractivity contribution in [1.29, 1.82) is 0 Å². The molecule has 5 heteroatoms. The van der Waals surface area contributed by atoms with Gasteiger partial charge >= 0.3 is 0 Å². The Morgan fingerprint density at radius 2 is 1.88 bits per heavy atom. The maximum Gasteiger partial charge on any atom is 0.272 e. The van der Waals surface area contributed by atoms with Gasteiger partial charge in [0.15, 0.2) is 0 Å². The van der Waals surface area contributed by atoms with Gasteiger partial charge in [-0.3, -0.25) is 9.78 Å². The van der Waals surface area contributed by atoms with Crippen LogP contribution in [0.15, 0.2) is 54.9 Å². The van der Waals surface area contributed by atoms with Crippen molar-refractivity contribution in [3.8, 4) is 5.88 Å². The molecule has 1 aromatic carbocycles. The number of aromatic nitrogens is 2. The number of amides is 1. The summed E-state index contributed by atoms with van der Waals surface area (Å²) in [6.07, 6.45) is 3.45. The number of carbonyl (C=O) groups is 1. The van der Waals surface area contributed by atoms with E-state index >= 15 is 0 Å². The van der Waals surface area contributed by atoms with E-state index in [2.05, 4.69) is 9.97 Å². The molecule has 0 aliphatic carbocycles. The highest BCUT2D eigenvalue weighted by molar-refractivity contribution is 5.98. The molecular weight excluding hydrogens is 302 g/mol. The average molecular weight is 321 g/mol. The summed E-state index contributed by atoms with van der Waals surface area (Å²) in [6, 6.07) is 13.3. The number of benzene rings is 1. The molecule has 0 spiro atoms. The van der Waals surface area contributed by atoms with Gasteiger partial charge in [0.1, 0.15) is 5.69 Å². The zero-order chi connectivity index (χ0) is 17.1. The number of fused-ring (bicyclic) bond motifs is 1. The van der Waals surface area contributed by atoms with Crippen molar-refractivity contribution in [3.05, 3.63) is 66.1 Å². The summed E-state index contributed by atoms with van der Waals surface area (Å²) in [7, 11) is 3.34. The Labute approximate surface area is 140 Å². The average Bonchev–Trinajstić information content (AvgIpc) is 2.65. The minimum atomic E-state index is -0.150. The van der Waals surface area contributed by atoms with E-state index in [4.69, 9.17) is 4.74 Å². The van der Waals surface area contributed by atoms with E-state index in [1.54, 1.807) is 37.5 Å². The largest absolute Gasteiger partial charge is 0.481 e. The summed E-state index contributed by atoms with van der Waals surface area (Å²) < 4.78 is 5.35. The van der Waals surface area contributed by atoms with Crippen LogP contribution in [0.3, 0.4) is 0 Å². The van der Waals surface area contributed by atoms with E-state index in [0.717, 1.165) is 16.3 Å². The number of pyridine rings is 2. The maximum atomic E-state index is 12.9. The Morgan fingerprint density at radius 3 is 2.58 bits per heavy atom. The Kier molecular flexibility index (Phi) is 4.42. The van der Waals surface area contributed by atoms with Crippen LogP contribution >= 0.6 is 0 Å². The second kappa shape index (κ2) is 6.66. The second-order valence-corrected chi connectivity index (χ2v) is 5.61. The van der Waals surface area contributed by atoms with Crippen molar-refractivity contribution in [3.63, 3.8) is 0 Å². The van der Waals surface area contributed by atoms with Crippen molar-refractivity contribution >= 4 is 16.7 Å². The highest BCUT2D eigenvalue weighted by atomic mass is 16.5. The fourth-order valence-corrected chi connectivity index (χ4v) is 2.65. The fourth-order valence-electron chi connectivity index (χ4n) is 2.65. The Balaban J connectivity index is 1.96. The van der Waals surface area contributed by atoms with Gasteiger partial charge < -0.3 is 9.64 Å². The molecule has 3 rings (SSSR count). The highest BCUT2D eigenvalue weighted by Gasteiger charge is 2.21. The molecule has 1 atom stereocenters. The molecule has 0 bridgehead atoms. The minimum Gasteiger partial charge on any atom is -0.481 e. The van der Waals surface area contributed by atoms with Crippen LogP contribution in [0.25, 0.3) is 10.8 Å². The van der Waals surface area contributed by atoms with Gasteiger partial charge in [0.25, 0.3) is 5.91 Å². The molecule has 122 valence electrons. The summed E-state index contributed by atoms with van der Waals surface area (Å²) in [4.78, 5) is 22.9. The fraction of sp³-hybridized carbons (Fsp3) is 0.211. The summed E-state index contributed by atoms with van der Waals surface area (Å²) in [5, 5.41) is 1.82. The smallest absolute Gasteiger partial charge is 0.272 e. The van der Waals surface area contributed by atoms with E-state index < -0.39 is 0 Å². The molecule has 3 aromatic rings. The molecule has 1 unspecified atom stereocenters. The van der Waals surface area contributed by atoms with E-state index in [0.29, 0.717) is 11.6 Å². The number of carbonyl (C=O) groups excluding carboxylic acids is 1. The van der Waals surface area contributed by atoms with Gasteiger partial charge in [-0.1, -0.05) is 18.2 Å². The predicted octanol–water partition coefficient (Wildman–Crippen LogP) is 3.47. The molecule has 2 aromatic heterocycles. The van der Waals surface area contributed by atoms with E-state index in [9.17, 15) is 4.79 Å². The third-order valence-electron chi connectivity index (χ3n) is 4.21. The molecule has 2 heterocycles. The van der Waals surface area contributed by atoms with Crippen LogP contribution in [-0.2, 0) is 0 Å². The quantitative estimate of drug-likeness (QED) is 0.738. The summed E-state index contributed by atoms with van der Waals surface area (Å²) in [5.74, 6) is 0.310. The Bertz CT molecular complexity index is 865. The van der Waals surface area contributed by atoms with Crippen LogP contribution in [0.4, 0.5) is 0 Å². The molecule has 5 nitrogen and oxygen atoms in total. The van der Waals surface area contributed by atoms with Crippen LogP contribution in [0.5, 0.6) is 5.88 Å². The molecule has 24 heavy (non-hydrogen) atoms. The molecule has 0 N–H and O–H groups in total. The first-order valence-electron chi connectivity index (χ1n) is 7.72. The van der Waals surface area contributed by atoms with E-state index in [-0.39, 0.29) is 11.9 Å². The monoisotopic (exact) mass is 321 g/mol. The number of methoxy groups -OCH3 is 1. The normalized spacial score (nSPS) is 12.0. The predicted molar refractivity (Wildman–Crippen MR) is 93.0 cm³/mol. The Hall–Kier alpha value is -2.95. The summed E-state index contributed by atoms with van der Waals surface area (Å²) in [5.41, 5.74) is 1.39. The number of hydrogen-bond donors (Lipinski definition) is 0. The van der Waals surface area contributed by atoms with Gasteiger partial charge in [-0.15, -0.1) is 0 Å². The van der Waals surface area contributed by atoms with Gasteiger partial charge in [0.2, 0.25) is 5.88 Å². The van der Waals surface area contributed by atoms with E-state index in [1.807, 2.05) is 43.3 Å². The van der Waals surface area contributed by atoms with Crippen molar-refractivity contribution < 1.29 is 9.53 Å². The van der Waals surface area contributed by atoms with Crippen LogP contribution in [0, 0.1) is 0 Å². The standard InChI is InChI=1S/C19H19N3O2/c1-13(14-8-10-20-11-9-14)22(2)19(23)17-12-15-6-4-5-7-16(15)18(21-17)24-3/h4-13H,1-3H3. The van der Waals surface area contributed by atoms with Crippen LogP contribution in [0.1, 0.15) is 29.0 Å². The van der Waals surface area contributed by atoms with Crippen LogP contribution < -0.4 is 4.74 Å². The third-order valence-corrected chi connectivity index (χ3v) is 4.21. The van der Waals surface area contributed by atoms with Gasteiger partial charge in [0, 0.05) is 24.8 Å². The van der Waals surface area contributed by atoms with Crippen LogP contribution in [0.2, 0.25) is 0 Å². The second-order valence-electron chi connectivity index (χ2n) is 5.61. The first-order chi connectivity index (χ1) is 11.6. The van der Waals surface area contributed by atoms with Crippen molar-refractivity contribution in [2.24, 2.45) is 0 Å². The van der Waals surface area contributed by atoms with Crippen molar-refractivity contribution in [2.75, 3.05) is 14.2 Å². The molecule has 0 aliphatic heterocycles. The lowest BCUT2D eigenvalue weighted by Crippen LogP contribution is -2.30. The minimum absolute atomic E-state index is 0.0836. The summed E-state index contributed by atoms with van der Waals surface area (Å²) >= 11 is 0. The van der Waals surface area contributed by atoms with Gasteiger partial charge in [-0.25, -0.2) is 4.98 Å². The first kappa shape index (κ1) is 15.9. The van der Waals surface area contributed by atoms with Crippen LogP contribution in [-0.4, -0.2) is 34.9 Å². The van der Waals surface area contributed by atoms with Gasteiger partial charge in [-0.2, -0.15) is 0 Å². The molecule has 1 amide bonds. The lowest BCUT2D eigenvalue weighted by molar-refractivity contribution is 0.0736. The van der Waals surface area contributed by atoms with Crippen molar-refractivity contribution in [1.82, 2.24) is 14.9 Å². The first-order valence-corrected chi connectivity index (χ1v) is 7.72. The van der Waals surface area contributed by atoms with Crippen molar-refractivity contribution in [2.45, 2.75) is 13.0 Å². The third kappa shape index (κ3) is 2.93. The SMILES string of the molecule is COc1nc(C(=O)N(C)C(C)c2ccncc2)cc2ccccc12. The zero-order valence-corrected chi connectivity index (χ0v) is 13.9. The maximum absolute atomic E-state index is 12.9. The molecular formula is C19H19N3O2. The number of ether oxygens (including phenoxy) is 1. The van der Waals surface area contributed by atoms with Gasteiger partial charge in [0.05, 0.1) is 13.2 Å². The molecule has 0 saturated heterocycles. The number of nitrogens with zero attached hydrogens (tertiary/aromatic N) is 3. The summed E-state index contributed by atoms with van der Waals surface area (Å²) in [6.45, 7) is 1.98. The topological polar surface area (TPSA) is 55.3 Å². The number of hydrogen-bond acceptors (Lipinski definition) is 4. The molecule has 0 saturated carbocycles. The lowest BCUT2D eigenvalue weighted by atomic mass is 10.1. The number of rotatable bonds is 4. The zero-order valence-electron chi connectivity index (χ0n) is 13.9. The highest BCUT2D eigenvalue weighted by Crippen LogP contribution is 2.26. The van der Waals surface area contributed by atoms with E-state index in [1.165, 1.54) is 0 Å². The van der Waals surface area contributed by atoms with Gasteiger partial charge in [-0.05, 0) is 42.1 Å². The lowest BCUT2D eigenvalue weighted by Gasteiger charge is -2.25. The molecule has 0 radical (unpaired) electrons.